The van der Waals surface area contributed by atoms with Crippen LogP contribution in [-0.4, -0.2) is 45.5 Å². The van der Waals surface area contributed by atoms with Gasteiger partial charge in [0, 0.05) is 36.4 Å². The number of carbonyl (C=O) groups is 1. The fourth-order valence-electron chi connectivity index (χ4n) is 3.49. The Labute approximate surface area is 182 Å². The Morgan fingerprint density at radius 2 is 2.24 bits per heavy atom. The lowest BCUT2D eigenvalue weighted by Crippen LogP contribution is -2.38. The second kappa shape index (κ2) is 8.92. The van der Waals surface area contributed by atoms with Crippen molar-refractivity contribution in [2.45, 2.75) is 24.2 Å². The largest absolute Gasteiger partial charge is 0.388 e. The first-order valence-corrected chi connectivity index (χ1v) is 11.7. The van der Waals surface area contributed by atoms with Gasteiger partial charge in [0.25, 0.3) is 0 Å². The van der Waals surface area contributed by atoms with Crippen LogP contribution in [0.5, 0.6) is 0 Å². The Hall–Kier alpha value is -1.80. The predicted molar refractivity (Wildman–Crippen MR) is 117 cm³/mol. The van der Waals surface area contributed by atoms with Gasteiger partial charge in [0.15, 0.2) is 5.76 Å². The van der Waals surface area contributed by atoms with Crippen LogP contribution in [0.2, 0.25) is 5.02 Å². The van der Waals surface area contributed by atoms with E-state index in [0.29, 0.717) is 42.5 Å². The summed E-state index contributed by atoms with van der Waals surface area (Å²) in [5.74, 6) is 1.77. The van der Waals surface area contributed by atoms with Crippen LogP contribution in [0.25, 0.3) is 10.6 Å². The minimum Gasteiger partial charge on any atom is -0.388 e. The molecule has 5 nitrogen and oxygen atoms in total. The van der Waals surface area contributed by atoms with Crippen LogP contribution in [0.4, 0.5) is 0 Å². The maximum Gasteiger partial charge on any atom is 0.232 e. The summed E-state index contributed by atoms with van der Waals surface area (Å²) in [4.78, 5) is 15.3. The number of hydrogen-bond acceptors (Lipinski definition) is 6. The van der Waals surface area contributed by atoms with E-state index in [1.165, 1.54) is 11.8 Å². The molecule has 0 unspecified atom stereocenters. The number of amides is 1. The summed E-state index contributed by atoms with van der Waals surface area (Å²) in [6.45, 7) is 0.925. The number of rotatable bonds is 7. The highest BCUT2D eigenvalue weighted by atomic mass is 35.5. The highest BCUT2D eigenvalue weighted by Gasteiger charge is 2.38. The van der Waals surface area contributed by atoms with Crippen LogP contribution in [0.15, 0.2) is 52.4 Å². The number of thioether (sulfide) groups is 1. The van der Waals surface area contributed by atoms with Gasteiger partial charge in [-0.2, -0.15) is 0 Å². The summed E-state index contributed by atoms with van der Waals surface area (Å²) in [5.41, 5.74) is 0.911. The molecule has 8 heteroatoms. The summed E-state index contributed by atoms with van der Waals surface area (Å²) >= 11 is 9.14. The zero-order valence-corrected chi connectivity index (χ0v) is 18.1. The van der Waals surface area contributed by atoms with E-state index in [1.54, 1.807) is 16.2 Å². The maximum absolute atomic E-state index is 12.6. The molecule has 3 heterocycles. The van der Waals surface area contributed by atoms with E-state index in [0.717, 1.165) is 21.9 Å². The fourth-order valence-corrected chi connectivity index (χ4v) is 5.18. The van der Waals surface area contributed by atoms with Gasteiger partial charge in [-0.3, -0.25) is 4.79 Å². The Morgan fingerprint density at radius 1 is 1.34 bits per heavy atom. The molecule has 0 bridgehead atoms. The summed E-state index contributed by atoms with van der Waals surface area (Å²) in [6.07, 6.45) is 1.07. The third-order valence-corrected chi connectivity index (χ3v) is 6.98. The van der Waals surface area contributed by atoms with Gasteiger partial charge < -0.3 is 14.5 Å². The first-order valence-electron chi connectivity index (χ1n) is 9.33. The lowest BCUT2D eigenvalue weighted by Gasteiger charge is -2.23. The smallest absolute Gasteiger partial charge is 0.232 e. The average molecular weight is 449 g/mol. The van der Waals surface area contributed by atoms with Crippen molar-refractivity contribution in [2.75, 3.05) is 18.8 Å². The number of halogens is 1. The minimum atomic E-state index is -0.896. The highest BCUT2D eigenvalue weighted by molar-refractivity contribution is 7.99. The van der Waals surface area contributed by atoms with Gasteiger partial charge in [-0.15, -0.1) is 23.1 Å². The number of benzene rings is 1. The summed E-state index contributed by atoms with van der Waals surface area (Å²) in [6, 6.07) is 13.4. The summed E-state index contributed by atoms with van der Waals surface area (Å²) in [5, 5.41) is 17.6. The molecule has 0 saturated carbocycles. The molecule has 1 amide bonds. The molecule has 1 saturated heterocycles. The first-order chi connectivity index (χ1) is 14.0. The van der Waals surface area contributed by atoms with Crippen LogP contribution < -0.4 is 0 Å². The number of likely N-dealkylation sites (tertiary alicyclic amines) is 1. The molecule has 4 rings (SSSR count). The Kier molecular flexibility index (Phi) is 6.29. The van der Waals surface area contributed by atoms with E-state index in [4.69, 9.17) is 16.1 Å². The van der Waals surface area contributed by atoms with Gasteiger partial charge in [-0.05, 0) is 35.6 Å². The number of carbonyl (C=O) groups excluding carboxylic acids is 1. The van der Waals surface area contributed by atoms with E-state index in [-0.39, 0.29) is 5.91 Å². The van der Waals surface area contributed by atoms with Crippen molar-refractivity contribution in [3.8, 4) is 10.6 Å². The van der Waals surface area contributed by atoms with Crippen molar-refractivity contribution < 1.29 is 14.4 Å². The van der Waals surface area contributed by atoms with E-state index < -0.39 is 5.60 Å². The maximum atomic E-state index is 12.6. The second-order valence-electron chi connectivity index (χ2n) is 7.25. The van der Waals surface area contributed by atoms with Crippen LogP contribution >= 0.6 is 34.7 Å². The van der Waals surface area contributed by atoms with Crippen molar-refractivity contribution in [3.63, 3.8) is 0 Å². The minimum absolute atomic E-state index is 0.0407. The molecule has 2 aromatic heterocycles. The number of aromatic nitrogens is 1. The normalized spacial score (nSPS) is 19.0. The number of β-amino-alcohol motifs (C(OH)–C–C–N with tert-alkyl or cyclic N) is 1. The molecular formula is C21H21ClN2O3S2. The van der Waals surface area contributed by atoms with Crippen molar-refractivity contribution >= 4 is 40.6 Å². The number of hydrogen-bond donors (Lipinski definition) is 1. The Morgan fingerprint density at radius 3 is 3.03 bits per heavy atom. The molecule has 0 aliphatic carbocycles. The monoisotopic (exact) mass is 448 g/mol. The van der Waals surface area contributed by atoms with Crippen molar-refractivity contribution in [1.29, 1.82) is 0 Å². The Balaban J connectivity index is 1.25. The van der Waals surface area contributed by atoms with E-state index in [1.807, 2.05) is 47.8 Å². The number of thiophene rings is 1. The molecule has 3 aromatic rings. The highest BCUT2D eigenvalue weighted by Crippen LogP contribution is 2.28. The van der Waals surface area contributed by atoms with E-state index >= 15 is 0 Å². The third-order valence-electron chi connectivity index (χ3n) is 4.91. The SMILES string of the molecule is O=C(CSCc1cc(-c2cccs2)on1)N1CC[C@@](O)(Cc2cccc(Cl)c2)C1. The Bertz CT molecular complexity index is 976. The molecule has 0 radical (unpaired) electrons. The number of nitrogens with zero attached hydrogens (tertiary/aromatic N) is 2. The molecule has 1 aliphatic rings. The van der Waals surface area contributed by atoms with Crippen molar-refractivity contribution in [2.24, 2.45) is 0 Å². The number of aliphatic hydroxyl groups is 1. The molecule has 1 N–H and O–H groups in total. The van der Waals surface area contributed by atoms with Crippen LogP contribution in [0.1, 0.15) is 17.7 Å². The van der Waals surface area contributed by atoms with Crippen molar-refractivity contribution in [3.05, 3.63) is 64.1 Å². The first kappa shape index (κ1) is 20.5. The summed E-state index contributed by atoms with van der Waals surface area (Å²) < 4.78 is 5.37. The third kappa shape index (κ3) is 5.22. The zero-order chi connectivity index (χ0) is 20.3. The lowest BCUT2D eigenvalue weighted by molar-refractivity contribution is -0.128. The molecular weight excluding hydrogens is 428 g/mol. The van der Waals surface area contributed by atoms with Gasteiger partial charge in [0.1, 0.15) is 0 Å². The van der Waals surface area contributed by atoms with E-state index in [9.17, 15) is 9.90 Å². The van der Waals surface area contributed by atoms with E-state index in [2.05, 4.69) is 5.16 Å². The molecule has 0 spiro atoms. The topological polar surface area (TPSA) is 66.6 Å². The van der Waals surface area contributed by atoms with Crippen LogP contribution in [0.3, 0.4) is 0 Å². The predicted octanol–water partition coefficient (Wildman–Crippen LogP) is 4.50. The average Bonchev–Trinajstić information content (AvgIpc) is 3.42. The quantitative estimate of drug-likeness (QED) is 0.576. The lowest BCUT2D eigenvalue weighted by atomic mass is 9.94. The van der Waals surface area contributed by atoms with Gasteiger partial charge in [-0.25, -0.2) is 0 Å². The van der Waals surface area contributed by atoms with Crippen molar-refractivity contribution in [1.82, 2.24) is 10.1 Å². The van der Waals surface area contributed by atoms with Crippen LogP contribution in [0, 0.1) is 0 Å². The molecule has 1 atom stereocenters. The van der Waals surface area contributed by atoms with Gasteiger partial charge in [-0.1, -0.05) is 35.0 Å². The van der Waals surface area contributed by atoms with Gasteiger partial charge >= 0.3 is 0 Å². The summed E-state index contributed by atoms with van der Waals surface area (Å²) in [7, 11) is 0. The molecule has 1 aromatic carbocycles. The fraction of sp³-hybridized carbons (Fsp3) is 0.333. The molecule has 1 fully saturated rings. The molecule has 152 valence electrons. The molecule has 29 heavy (non-hydrogen) atoms. The van der Waals surface area contributed by atoms with Crippen LogP contribution in [-0.2, 0) is 17.0 Å². The van der Waals surface area contributed by atoms with Gasteiger partial charge in [0.2, 0.25) is 5.91 Å². The standard InChI is InChI=1S/C21H21ClN2O3S2/c22-16-4-1-3-15(9-16)11-21(26)6-7-24(14-21)20(25)13-28-12-17-10-18(27-23-17)19-5-2-8-29-19/h1-5,8-10,26H,6-7,11-14H2/t21-/m1/s1. The van der Waals surface area contributed by atoms with Gasteiger partial charge in [0.05, 0.1) is 21.9 Å². The second-order valence-corrected chi connectivity index (χ2v) is 9.62. The molecule has 1 aliphatic heterocycles. The zero-order valence-electron chi connectivity index (χ0n) is 15.7.